The number of rotatable bonds is 6. The summed E-state index contributed by atoms with van der Waals surface area (Å²) in [5.41, 5.74) is 1.61. The van der Waals surface area contributed by atoms with Gasteiger partial charge in [-0.15, -0.1) is 0 Å². The fourth-order valence-electron chi connectivity index (χ4n) is 2.60. The third-order valence-electron chi connectivity index (χ3n) is 3.94. The fourth-order valence-corrected chi connectivity index (χ4v) is 4.35. The minimum Gasteiger partial charge on any atom is -0.486 e. The molecule has 0 saturated carbocycles. The molecule has 1 aliphatic heterocycles. The first kappa shape index (κ1) is 21.2. The molecule has 0 spiro atoms. The Kier molecular flexibility index (Phi) is 7.10. The van der Waals surface area contributed by atoms with Crippen molar-refractivity contribution in [2.45, 2.75) is 20.0 Å². The van der Waals surface area contributed by atoms with E-state index in [4.69, 9.17) is 27.9 Å². The van der Waals surface area contributed by atoms with Crippen molar-refractivity contribution in [2.75, 3.05) is 6.54 Å². The van der Waals surface area contributed by atoms with Gasteiger partial charge in [0.2, 0.25) is 0 Å². The van der Waals surface area contributed by atoms with Crippen LogP contribution in [0.2, 0.25) is 10.0 Å². The first-order valence-corrected chi connectivity index (χ1v) is 10.9. The average molecular weight is 501 g/mol. The van der Waals surface area contributed by atoms with Gasteiger partial charge >= 0.3 is 0 Å². The predicted molar refractivity (Wildman–Crippen MR) is 118 cm³/mol. The van der Waals surface area contributed by atoms with Crippen molar-refractivity contribution >= 4 is 68.1 Å². The second kappa shape index (κ2) is 9.35. The number of carbonyl (C=O) groups excluding carboxylic acids is 2. The molecule has 0 bridgehead atoms. The molecule has 28 heavy (non-hydrogen) atoms. The van der Waals surface area contributed by atoms with Crippen LogP contribution >= 0.6 is 50.9 Å². The highest BCUT2D eigenvalue weighted by atomic mass is 79.9. The lowest BCUT2D eigenvalue weighted by Gasteiger charge is -2.11. The predicted octanol–water partition coefficient (Wildman–Crippen LogP) is 6.78. The van der Waals surface area contributed by atoms with E-state index < -0.39 is 0 Å². The number of imide groups is 1. The molecule has 1 fully saturated rings. The minimum atomic E-state index is -0.292. The van der Waals surface area contributed by atoms with Crippen molar-refractivity contribution in [3.8, 4) is 5.75 Å². The Balaban J connectivity index is 1.77. The van der Waals surface area contributed by atoms with E-state index in [1.165, 1.54) is 4.90 Å². The number of ether oxygens (including phenoxy) is 1. The standard InChI is InChI=1S/C20H16BrCl2NO3S/c1-2-7-24-19(25)17(28-20(24)26)10-13-8-15(22)18(16(23)9-13)27-11-12-3-5-14(21)6-4-12/h3-6,8-10H,2,7,11H2,1H3/b17-10+. The van der Waals surface area contributed by atoms with Crippen molar-refractivity contribution in [3.63, 3.8) is 0 Å². The van der Waals surface area contributed by atoms with Crippen LogP contribution in [-0.4, -0.2) is 22.6 Å². The van der Waals surface area contributed by atoms with Crippen molar-refractivity contribution in [1.82, 2.24) is 4.90 Å². The zero-order valence-electron chi connectivity index (χ0n) is 14.9. The molecule has 2 amide bonds. The first-order chi connectivity index (χ1) is 13.4. The molecule has 0 aromatic heterocycles. The van der Waals surface area contributed by atoms with Crippen LogP contribution in [0.4, 0.5) is 4.79 Å². The van der Waals surface area contributed by atoms with E-state index in [0.29, 0.717) is 45.8 Å². The van der Waals surface area contributed by atoms with Gasteiger partial charge in [0.15, 0.2) is 5.75 Å². The summed E-state index contributed by atoms with van der Waals surface area (Å²) in [4.78, 5) is 25.9. The van der Waals surface area contributed by atoms with Crippen molar-refractivity contribution < 1.29 is 14.3 Å². The highest BCUT2D eigenvalue weighted by Crippen LogP contribution is 2.37. The molecule has 2 aromatic carbocycles. The van der Waals surface area contributed by atoms with E-state index in [0.717, 1.165) is 21.8 Å². The maximum Gasteiger partial charge on any atom is 0.293 e. The molecule has 0 aliphatic carbocycles. The second-order valence-electron chi connectivity index (χ2n) is 6.06. The molecular formula is C20H16BrCl2NO3S. The van der Waals surface area contributed by atoms with Crippen molar-refractivity contribution in [1.29, 1.82) is 0 Å². The Morgan fingerprint density at radius 2 is 1.79 bits per heavy atom. The number of thioether (sulfide) groups is 1. The third-order valence-corrected chi connectivity index (χ3v) is 5.93. The van der Waals surface area contributed by atoms with Crippen LogP contribution in [0.3, 0.4) is 0 Å². The van der Waals surface area contributed by atoms with Gasteiger partial charge in [-0.25, -0.2) is 0 Å². The lowest BCUT2D eigenvalue weighted by atomic mass is 10.2. The maximum atomic E-state index is 12.4. The van der Waals surface area contributed by atoms with Gasteiger partial charge in [-0.2, -0.15) is 0 Å². The van der Waals surface area contributed by atoms with Crippen LogP contribution in [-0.2, 0) is 11.4 Å². The highest BCUT2D eigenvalue weighted by molar-refractivity contribution is 9.10. The Bertz CT molecular complexity index is 924. The van der Waals surface area contributed by atoms with Crippen LogP contribution in [0, 0.1) is 0 Å². The first-order valence-electron chi connectivity index (χ1n) is 8.50. The minimum absolute atomic E-state index is 0.259. The van der Waals surface area contributed by atoms with Gasteiger partial charge in [-0.05, 0) is 59.7 Å². The molecule has 0 radical (unpaired) electrons. The smallest absolute Gasteiger partial charge is 0.293 e. The van der Waals surface area contributed by atoms with Crippen molar-refractivity contribution in [3.05, 3.63) is 66.9 Å². The number of halogens is 3. The Morgan fingerprint density at radius 1 is 1.14 bits per heavy atom. The van der Waals surface area contributed by atoms with Crippen LogP contribution in [0.5, 0.6) is 5.75 Å². The van der Waals surface area contributed by atoms with Gasteiger partial charge in [0.05, 0.1) is 15.0 Å². The number of amides is 2. The van der Waals surface area contributed by atoms with Crippen LogP contribution < -0.4 is 4.74 Å². The van der Waals surface area contributed by atoms with E-state index in [1.54, 1.807) is 18.2 Å². The van der Waals surface area contributed by atoms with E-state index in [-0.39, 0.29) is 11.1 Å². The van der Waals surface area contributed by atoms with E-state index in [9.17, 15) is 9.59 Å². The van der Waals surface area contributed by atoms with Gasteiger partial charge in [-0.3, -0.25) is 14.5 Å². The van der Waals surface area contributed by atoms with Gasteiger partial charge < -0.3 is 4.74 Å². The lowest BCUT2D eigenvalue weighted by molar-refractivity contribution is -0.122. The van der Waals surface area contributed by atoms with Gasteiger partial charge in [0.1, 0.15) is 6.61 Å². The Labute approximate surface area is 186 Å². The molecule has 0 atom stereocenters. The zero-order chi connectivity index (χ0) is 20.3. The second-order valence-corrected chi connectivity index (χ2v) is 8.79. The van der Waals surface area contributed by atoms with Crippen LogP contribution in [0.25, 0.3) is 6.08 Å². The Morgan fingerprint density at radius 3 is 2.39 bits per heavy atom. The van der Waals surface area contributed by atoms with Crippen LogP contribution in [0.15, 0.2) is 45.8 Å². The molecule has 4 nitrogen and oxygen atoms in total. The van der Waals surface area contributed by atoms with Gasteiger partial charge in [0, 0.05) is 11.0 Å². The summed E-state index contributed by atoms with van der Waals surface area (Å²) < 4.78 is 6.76. The number of hydrogen-bond acceptors (Lipinski definition) is 4. The molecule has 1 heterocycles. The lowest BCUT2D eigenvalue weighted by Crippen LogP contribution is -2.28. The monoisotopic (exact) mass is 499 g/mol. The van der Waals surface area contributed by atoms with Gasteiger partial charge in [0.25, 0.3) is 11.1 Å². The summed E-state index contributed by atoms with van der Waals surface area (Å²) in [7, 11) is 0. The summed E-state index contributed by atoms with van der Waals surface area (Å²) in [5, 5.41) is 0.414. The highest BCUT2D eigenvalue weighted by Gasteiger charge is 2.34. The number of hydrogen-bond donors (Lipinski definition) is 0. The van der Waals surface area contributed by atoms with E-state index >= 15 is 0 Å². The molecule has 2 aromatic rings. The largest absolute Gasteiger partial charge is 0.486 e. The molecule has 1 saturated heterocycles. The Hall–Kier alpha value is -1.47. The summed E-state index contributed by atoms with van der Waals surface area (Å²) in [6, 6.07) is 11.1. The molecule has 0 unspecified atom stereocenters. The van der Waals surface area contributed by atoms with E-state index in [1.807, 2.05) is 31.2 Å². The number of benzene rings is 2. The van der Waals surface area contributed by atoms with Gasteiger partial charge in [-0.1, -0.05) is 58.2 Å². The molecule has 8 heteroatoms. The molecular weight excluding hydrogens is 485 g/mol. The quantitative estimate of drug-likeness (QED) is 0.410. The summed E-state index contributed by atoms with van der Waals surface area (Å²) in [5.74, 6) is 0.0853. The molecule has 146 valence electrons. The average Bonchev–Trinajstić information content (AvgIpc) is 2.90. The maximum absolute atomic E-state index is 12.4. The fraction of sp³-hybridized carbons (Fsp3) is 0.200. The third kappa shape index (κ3) is 4.92. The summed E-state index contributed by atoms with van der Waals surface area (Å²) in [6.45, 7) is 2.65. The number of carbonyl (C=O) groups is 2. The zero-order valence-corrected chi connectivity index (χ0v) is 18.8. The van der Waals surface area contributed by atoms with Crippen molar-refractivity contribution in [2.24, 2.45) is 0 Å². The van der Waals surface area contributed by atoms with Crippen LogP contribution in [0.1, 0.15) is 24.5 Å². The SMILES string of the molecule is CCCN1C(=O)S/C(=C/c2cc(Cl)c(OCc3ccc(Br)cc3)c(Cl)c2)C1=O. The normalized spacial score (nSPS) is 15.6. The molecule has 1 aliphatic rings. The number of nitrogens with zero attached hydrogens (tertiary/aromatic N) is 1. The van der Waals surface area contributed by atoms with E-state index in [2.05, 4.69) is 15.9 Å². The summed E-state index contributed by atoms with van der Waals surface area (Å²) >= 11 is 17.0. The summed E-state index contributed by atoms with van der Waals surface area (Å²) in [6.07, 6.45) is 2.34. The molecule has 0 N–H and O–H groups in total. The topological polar surface area (TPSA) is 46.6 Å². The molecule has 3 rings (SSSR count).